The summed E-state index contributed by atoms with van der Waals surface area (Å²) in [6, 6.07) is 10.1. The predicted octanol–water partition coefficient (Wildman–Crippen LogP) is 3.28. The quantitative estimate of drug-likeness (QED) is 0.789. The third-order valence-corrected chi connectivity index (χ3v) is 3.24. The van der Waals surface area contributed by atoms with Gasteiger partial charge in [0.1, 0.15) is 5.75 Å². The van der Waals surface area contributed by atoms with Crippen molar-refractivity contribution in [2.75, 3.05) is 6.61 Å². The van der Waals surface area contributed by atoms with E-state index in [1.807, 2.05) is 30.3 Å². The van der Waals surface area contributed by atoms with Crippen LogP contribution in [0.15, 0.2) is 42.0 Å². The van der Waals surface area contributed by atoms with E-state index in [0.717, 1.165) is 12.2 Å². The van der Waals surface area contributed by atoms with E-state index in [1.54, 1.807) is 0 Å². The lowest BCUT2D eigenvalue weighted by atomic mass is 9.93. The second kappa shape index (κ2) is 6.45. The highest BCUT2D eigenvalue weighted by molar-refractivity contribution is 5.21. The summed E-state index contributed by atoms with van der Waals surface area (Å²) in [7, 11) is 0. The van der Waals surface area contributed by atoms with E-state index in [4.69, 9.17) is 10.5 Å². The summed E-state index contributed by atoms with van der Waals surface area (Å²) in [6.07, 6.45) is 8.20. The molecule has 0 fully saturated rings. The SMILES string of the molecule is NC(CCOc1ccccc1)C1=CCCCC1. The molecular formula is C15H21NO. The van der Waals surface area contributed by atoms with E-state index in [1.165, 1.54) is 31.3 Å². The number of rotatable bonds is 5. The number of allylic oxidation sites excluding steroid dienone is 1. The van der Waals surface area contributed by atoms with Crippen LogP contribution < -0.4 is 10.5 Å². The second-order valence-electron chi connectivity index (χ2n) is 4.58. The van der Waals surface area contributed by atoms with Gasteiger partial charge in [-0.3, -0.25) is 0 Å². The molecule has 0 aliphatic heterocycles. The average molecular weight is 231 g/mol. The Hall–Kier alpha value is -1.28. The van der Waals surface area contributed by atoms with Crippen molar-refractivity contribution < 1.29 is 4.74 Å². The van der Waals surface area contributed by atoms with Gasteiger partial charge in [-0.1, -0.05) is 29.8 Å². The molecule has 92 valence electrons. The van der Waals surface area contributed by atoms with Crippen molar-refractivity contribution in [1.82, 2.24) is 0 Å². The number of para-hydroxylation sites is 1. The minimum Gasteiger partial charge on any atom is -0.494 e. The van der Waals surface area contributed by atoms with Gasteiger partial charge in [0.15, 0.2) is 0 Å². The van der Waals surface area contributed by atoms with E-state index in [9.17, 15) is 0 Å². The zero-order valence-corrected chi connectivity index (χ0v) is 10.3. The molecule has 0 aromatic heterocycles. The zero-order valence-electron chi connectivity index (χ0n) is 10.3. The standard InChI is InChI=1S/C15H21NO/c16-15(13-7-3-1-4-8-13)11-12-17-14-9-5-2-6-10-14/h2,5-7,9-10,15H,1,3-4,8,11-12,16H2. The first-order valence-corrected chi connectivity index (χ1v) is 6.48. The second-order valence-corrected chi connectivity index (χ2v) is 4.58. The summed E-state index contributed by atoms with van der Waals surface area (Å²) in [5.74, 6) is 0.928. The summed E-state index contributed by atoms with van der Waals surface area (Å²) in [5, 5.41) is 0. The Morgan fingerprint density at radius 2 is 2.00 bits per heavy atom. The zero-order chi connectivity index (χ0) is 11.9. The molecule has 0 amide bonds. The molecule has 2 nitrogen and oxygen atoms in total. The Kier molecular flexibility index (Phi) is 4.63. The molecular weight excluding hydrogens is 210 g/mol. The van der Waals surface area contributed by atoms with Gasteiger partial charge in [0.05, 0.1) is 6.61 Å². The van der Waals surface area contributed by atoms with Crippen LogP contribution in [-0.2, 0) is 0 Å². The van der Waals surface area contributed by atoms with E-state index in [-0.39, 0.29) is 6.04 Å². The van der Waals surface area contributed by atoms with Crippen LogP contribution >= 0.6 is 0 Å². The van der Waals surface area contributed by atoms with Gasteiger partial charge in [0.25, 0.3) is 0 Å². The molecule has 0 bridgehead atoms. The molecule has 0 spiro atoms. The summed E-state index contributed by atoms with van der Waals surface area (Å²) in [5.41, 5.74) is 7.59. The first kappa shape index (κ1) is 12.2. The maximum Gasteiger partial charge on any atom is 0.119 e. The molecule has 0 saturated heterocycles. The fraction of sp³-hybridized carbons (Fsp3) is 0.467. The van der Waals surface area contributed by atoms with Crippen LogP contribution in [0.5, 0.6) is 5.75 Å². The molecule has 1 aliphatic rings. The summed E-state index contributed by atoms with van der Waals surface area (Å²) >= 11 is 0. The molecule has 17 heavy (non-hydrogen) atoms. The minimum absolute atomic E-state index is 0.180. The maximum atomic E-state index is 6.16. The highest BCUT2D eigenvalue weighted by Crippen LogP contribution is 2.21. The first-order chi connectivity index (χ1) is 8.36. The van der Waals surface area contributed by atoms with Crippen molar-refractivity contribution in [3.63, 3.8) is 0 Å². The molecule has 2 rings (SSSR count). The lowest BCUT2D eigenvalue weighted by molar-refractivity contribution is 0.302. The average Bonchev–Trinajstić information content (AvgIpc) is 2.41. The van der Waals surface area contributed by atoms with Gasteiger partial charge in [0.2, 0.25) is 0 Å². The molecule has 1 aromatic carbocycles. The predicted molar refractivity (Wildman–Crippen MR) is 71.1 cm³/mol. The highest BCUT2D eigenvalue weighted by Gasteiger charge is 2.11. The molecule has 0 saturated carbocycles. The largest absolute Gasteiger partial charge is 0.494 e. The monoisotopic (exact) mass is 231 g/mol. The van der Waals surface area contributed by atoms with Crippen molar-refractivity contribution in [2.45, 2.75) is 38.1 Å². The van der Waals surface area contributed by atoms with Gasteiger partial charge in [-0.15, -0.1) is 0 Å². The molecule has 1 aliphatic carbocycles. The smallest absolute Gasteiger partial charge is 0.119 e. The third kappa shape index (κ3) is 3.90. The molecule has 1 atom stereocenters. The van der Waals surface area contributed by atoms with Crippen molar-refractivity contribution in [3.8, 4) is 5.75 Å². The van der Waals surface area contributed by atoms with Gasteiger partial charge in [-0.25, -0.2) is 0 Å². The van der Waals surface area contributed by atoms with Gasteiger partial charge in [-0.05, 0) is 37.8 Å². The Morgan fingerprint density at radius 1 is 1.18 bits per heavy atom. The van der Waals surface area contributed by atoms with Crippen molar-refractivity contribution in [3.05, 3.63) is 42.0 Å². The first-order valence-electron chi connectivity index (χ1n) is 6.48. The number of benzene rings is 1. The van der Waals surface area contributed by atoms with E-state index in [0.29, 0.717) is 6.61 Å². The molecule has 2 heteroatoms. The van der Waals surface area contributed by atoms with Crippen molar-refractivity contribution >= 4 is 0 Å². The molecule has 1 unspecified atom stereocenters. The molecule has 1 aromatic rings. The van der Waals surface area contributed by atoms with Crippen LogP contribution in [0, 0.1) is 0 Å². The highest BCUT2D eigenvalue weighted by atomic mass is 16.5. The van der Waals surface area contributed by atoms with Crippen LogP contribution in [0.1, 0.15) is 32.1 Å². The van der Waals surface area contributed by atoms with Crippen LogP contribution in [0.25, 0.3) is 0 Å². The summed E-state index contributed by atoms with van der Waals surface area (Å²) in [4.78, 5) is 0. The van der Waals surface area contributed by atoms with Gasteiger partial charge in [-0.2, -0.15) is 0 Å². The molecule has 2 N–H and O–H groups in total. The molecule has 0 radical (unpaired) electrons. The Bertz CT molecular complexity index is 358. The van der Waals surface area contributed by atoms with Crippen LogP contribution in [0.4, 0.5) is 0 Å². The number of ether oxygens (including phenoxy) is 1. The van der Waals surface area contributed by atoms with E-state index in [2.05, 4.69) is 6.08 Å². The normalized spacial score (nSPS) is 17.4. The van der Waals surface area contributed by atoms with Crippen LogP contribution in [-0.4, -0.2) is 12.6 Å². The maximum absolute atomic E-state index is 6.16. The minimum atomic E-state index is 0.180. The fourth-order valence-electron chi connectivity index (χ4n) is 2.21. The Morgan fingerprint density at radius 3 is 2.71 bits per heavy atom. The summed E-state index contributed by atoms with van der Waals surface area (Å²) in [6.45, 7) is 0.697. The van der Waals surface area contributed by atoms with Crippen molar-refractivity contribution in [2.24, 2.45) is 5.73 Å². The number of hydrogen-bond acceptors (Lipinski definition) is 2. The Labute approximate surface area is 103 Å². The Balaban J connectivity index is 1.73. The summed E-state index contributed by atoms with van der Waals surface area (Å²) < 4.78 is 5.66. The van der Waals surface area contributed by atoms with Crippen molar-refractivity contribution in [1.29, 1.82) is 0 Å². The lowest BCUT2D eigenvalue weighted by Crippen LogP contribution is -2.26. The van der Waals surface area contributed by atoms with E-state index >= 15 is 0 Å². The topological polar surface area (TPSA) is 35.2 Å². The number of hydrogen-bond donors (Lipinski definition) is 1. The number of nitrogens with two attached hydrogens (primary N) is 1. The lowest BCUT2D eigenvalue weighted by Gasteiger charge is -2.19. The van der Waals surface area contributed by atoms with Gasteiger partial charge in [0, 0.05) is 12.5 Å². The molecule has 0 heterocycles. The van der Waals surface area contributed by atoms with Gasteiger partial charge < -0.3 is 10.5 Å². The fourth-order valence-corrected chi connectivity index (χ4v) is 2.21. The van der Waals surface area contributed by atoms with Crippen LogP contribution in [0.2, 0.25) is 0 Å². The van der Waals surface area contributed by atoms with Gasteiger partial charge >= 0.3 is 0 Å². The third-order valence-electron chi connectivity index (χ3n) is 3.24. The van der Waals surface area contributed by atoms with Crippen LogP contribution in [0.3, 0.4) is 0 Å². The van der Waals surface area contributed by atoms with E-state index < -0.39 is 0 Å².